The molecule has 0 bridgehead atoms. The van der Waals surface area contributed by atoms with E-state index in [0.717, 1.165) is 23.7 Å². The fourth-order valence-electron chi connectivity index (χ4n) is 3.13. The maximum atomic E-state index is 12.6. The summed E-state index contributed by atoms with van der Waals surface area (Å²) in [5.74, 6) is -0.320. The Balaban J connectivity index is 1.41. The van der Waals surface area contributed by atoms with Gasteiger partial charge in [0.15, 0.2) is 0 Å². The van der Waals surface area contributed by atoms with Crippen molar-refractivity contribution in [3.05, 3.63) is 65.6 Å². The summed E-state index contributed by atoms with van der Waals surface area (Å²) in [5.41, 5.74) is 1.97. The number of para-hydroxylation sites is 2. The number of hydrogen-bond acceptors (Lipinski definition) is 4. The Morgan fingerprint density at radius 2 is 1.65 bits per heavy atom. The molecule has 2 aromatic carbocycles. The van der Waals surface area contributed by atoms with Crippen LogP contribution < -0.4 is 10.2 Å². The first kappa shape index (κ1) is 16.7. The van der Waals surface area contributed by atoms with E-state index < -0.39 is 0 Å². The Morgan fingerprint density at radius 3 is 2.42 bits per heavy atom. The lowest BCUT2D eigenvalue weighted by Crippen LogP contribution is -2.48. The van der Waals surface area contributed by atoms with Gasteiger partial charge in [-0.1, -0.05) is 42.1 Å². The molecule has 0 aliphatic carbocycles. The van der Waals surface area contributed by atoms with Crippen LogP contribution in [0, 0.1) is 0 Å². The third-order valence-electron chi connectivity index (χ3n) is 4.55. The molecule has 0 aromatic heterocycles. The summed E-state index contributed by atoms with van der Waals surface area (Å²) in [6.07, 6.45) is 1.47. The van der Waals surface area contributed by atoms with Crippen molar-refractivity contribution < 1.29 is 9.59 Å². The third-order valence-corrected chi connectivity index (χ3v) is 5.65. The van der Waals surface area contributed by atoms with Crippen molar-refractivity contribution in [3.8, 4) is 0 Å². The van der Waals surface area contributed by atoms with Gasteiger partial charge in [0.05, 0.1) is 10.6 Å². The normalized spacial score (nSPS) is 18.5. The third kappa shape index (κ3) is 3.46. The van der Waals surface area contributed by atoms with E-state index in [9.17, 15) is 9.59 Å². The van der Waals surface area contributed by atoms with Crippen molar-refractivity contribution in [1.29, 1.82) is 0 Å². The topological polar surface area (TPSA) is 52.7 Å². The molecule has 1 saturated heterocycles. The zero-order valence-corrected chi connectivity index (χ0v) is 15.0. The van der Waals surface area contributed by atoms with Crippen LogP contribution in [0.15, 0.2) is 70.5 Å². The van der Waals surface area contributed by atoms with E-state index in [-0.39, 0.29) is 11.8 Å². The second kappa shape index (κ2) is 7.25. The van der Waals surface area contributed by atoms with Crippen molar-refractivity contribution in [2.75, 3.05) is 36.4 Å². The van der Waals surface area contributed by atoms with Gasteiger partial charge in [-0.2, -0.15) is 0 Å². The molecule has 2 aliphatic rings. The molecule has 1 fully saturated rings. The summed E-state index contributed by atoms with van der Waals surface area (Å²) < 4.78 is 0. The van der Waals surface area contributed by atoms with Crippen molar-refractivity contribution in [3.63, 3.8) is 0 Å². The summed E-state index contributed by atoms with van der Waals surface area (Å²) in [7, 11) is 0. The zero-order valence-electron chi connectivity index (χ0n) is 14.2. The number of anilines is 2. The van der Waals surface area contributed by atoms with Crippen molar-refractivity contribution in [2.24, 2.45) is 0 Å². The Hall–Kier alpha value is -2.73. The van der Waals surface area contributed by atoms with Crippen molar-refractivity contribution in [2.45, 2.75) is 4.90 Å². The summed E-state index contributed by atoms with van der Waals surface area (Å²) in [4.78, 5) is 30.3. The van der Waals surface area contributed by atoms with E-state index in [1.54, 1.807) is 4.90 Å². The van der Waals surface area contributed by atoms with E-state index >= 15 is 0 Å². The Kier molecular flexibility index (Phi) is 4.67. The predicted octanol–water partition coefficient (Wildman–Crippen LogP) is 2.96. The highest BCUT2D eigenvalue weighted by Crippen LogP contribution is 2.37. The van der Waals surface area contributed by atoms with Gasteiger partial charge in [0.1, 0.15) is 0 Å². The molecule has 2 aliphatic heterocycles. The van der Waals surface area contributed by atoms with E-state index in [2.05, 4.69) is 22.3 Å². The number of carbonyl (C=O) groups excluding carboxylic acids is 2. The highest BCUT2D eigenvalue weighted by molar-refractivity contribution is 8.04. The monoisotopic (exact) mass is 365 g/mol. The molecule has 2 heterocycles. The largest absolute Gasteiger partial charge is 0.368 e. The molecule has 132 valence electrons. The number of piperazine rings is 1. The number of nitrogens with zero attached hydrogens (tertiary/aromatic N) is 2. The second-order valence-electron chi connectivity index (χ2n) is 6.21. The molecule has 26 heavy (non-hydrogen) atoms. The molecular formula is C20H19N3O2S. The number of hydrogen-bond donors (Lipinski definition) is 1. The number of carbonyl (C=O) groups is 2. The first-order valence-electron chi connectivity index (χ1n) is 8.59. The van der Waals surface area contributed by atoms with E-state index in [4.69, 9.17) is 0 Å². The van der Waals surface area contributed by atoms with Crippen LogP contribution in [0.1, 0.15) is 0 Å². The predicted molar refractivity (Wildman–Crippen MR) is 104 cm³/mol. The first-order chi connectivity index (χ1) is 12.7. The molecule has 0 unspecified atom stereocenters. The summed E-state index contributed by atoms with van der Waals surface area (Å²) >= 11 is 1.35. The minimum Gasteiger partial charge on any atom is -0.368 e. The van der Waals surface area contributed by atoms with Gasteiger partial charge in [0.2, 0.25) is 5.91 Å². The molecule has 5 nitrogen and oxygen atoms in total. The second-order valence-corrected chi connectivity index (χ2v) is 7.29. The molecule has 0 spiro atoms. The van der Waals surface area contributed by atoms with Gasteiger partial charge in [0.25, 0.3) is 5.91 Å². The van der Waals surface area contributed by atoms with Crippen LogP contribution in [0.25, 0.3) is 0 Å². The molecule has 2 amide bonds. The number of amides is 2. The van der Waals surface area contributed by atoms with Gasteiger partial charge in [-0.25, -0.2) is 0 Å². The van der Waals surface area contributed by atoms with Crippen molar-refractivity contribution >= 4 is 35.0 Å². The molecule has 4 rings (SSSR count). The summed E-state index contributed by atoms with van der Waals surface area (Å²) in [5, 5.41) is 2.84. The number of rotatable bonds is 2. The van der Waals surface area contributed by atoms with E-state index in [1.165, 1.54) is 23.5 Å². The quantitative estimate of drug-likeness (QED) is 0.832. The molecule has 0 saturated carbocycles. The highest BCUT2D eigenvalue weighted by Gasteiger charge is 2.24. The molecule has 0 atom stereocenters. The summed E-state index contributed by atoms with van der Waals surface area (Å²) in [6.45, 7) is 2.89. The number of fused-ring (bicyclic) bond motifs is 1. The standard InChI is InChI=1S/C20H19N3O2S/c24-19(14-18-20(25)21-16-8-4-5-9-17(16)26-18)23-12-10-22(11-13-23)15-6-2-1-3-7-15/h1-9,14H,10-13H2,(H,21,25). The zero-order chi connectivity index (χ0) is 17.9. The van der Waals surface area contributed by atoms with Crippen LogP contribution in [0.5, 0.6) is 0 Å². The highest BCUT2D eigenvalue weighted by atomic mass is 32.2. The molecule has 0 radical (unpaired) electrons. The SMILES string of the molecule is O=C1Nc2ccccc2SC1=CC(=O)N1CCN(c2ccccc2)CC1. The van der Waals surface area contributed by atoms with Crippen LogP contribution in [-0.2, 0) is 9.59 Å². The Labute approximate surface area is 156 Å². The minimum atomic E-state index is -0.218. The van der Waals surface area contributed by atoms with Gasteiger partial charge in [-0.15, -0.1) is 0 Å². The lowest BCUT2D eigenvalue weighted by Gasteiger charge is -2.35. The Bertz CT molecular complexity index is 858. The van der Waals surface area contributed by atoms with Crippen LogP contribution in [0.4, 0.5) is 11.4 Å². The van der Waals surface area contributed by atoms with Gasteiger partial charge in [-0.3, -0.25) is 9.59 Å². The summed E-state index contributed by atoms with van der Waals surface area (Å²) in [6, 6.07) is 17.8. The lowest BCUT2D eigenvalue weighted by atomic mass is 10.2. The average Bonchev–Trinajstić information content (AvgIpc) is 2.69. The number of benzene rings is 2. The maximum absolute atomic E-state index is 12.6. The number of thioether (sulfide) groups is 1. The Morgan fingerprint density at radius 1 is 0.962 bits per heavy atom. The molecule has 2 aromatic rings. The van der Waals surface area contributed by atoms with Crippen LogP contribution >= 0.6 is 11.8 Å². The smallest absolute Gasteiger partial charge is 0.262 e. The van der Waals surface area contributed by atoms with E-state index in [1.807, 2.05) is 42.5 Å². The van der Waals surface area contributed by atoms with Crippen LogP contribution in [0.3, 0.4) is 0 Å². The fraction of sp³-hybridized carbons (Fsp3) is 0.200. The van der Waals surface area contributed by atoms with Gasteiger partial charge < -0.3 is 15.1 Å². The number of nitrogens with one attached hydrogen (secondary N) is 1. The van der Waals surface area contributed by atoms with Crippen LogP contribution in [0.2, 0.25) is 0 Å². The van der Waals surface area contributed by atoms with Crippen LogP contribution in [-0.4, -0.2) is 42.9 Å². The average molecular weight is 365 g/mol. The van der Waals surface area contributed by atoms with Gasteiger partial charge in [-0.05, 0) is 24.3 Å². The first-order valence-corrected chi connectivity index (χ1v) is 9.41. The van der Waals surface area contributed by atoms with Gasteiger partial charge in [0, 0.05) is 42.8 Å². The molecule has 6 heteroatoms. The van der Waals surface area contributed by atoms with Gasteiger partial charge >= 0.3 is 0 Å². The van der Waals surface area contributed by atoms with Crippen molar-refractivity contribution in [1.82, 2.24) is 4.90 Å². The van der Waals surface area contributed by atoms with E-state index in [0.29, 0.717) is 18.0 Å². The molecular weight excluding hydrogens is 346 g/mol. The molecule has 1 N–H and O–H groups in total. The fourth-order valence-corrected chi connectivity index (χ4v) is 4.05. The lowest BCUT2D eigenvalue weighted by molar-refractivity contribution is -0.126. The maximum Gasteiger partial charge on any atom is 0.262 e. The minimum absolute atomic E-state index is 0.102.